The highest BCUT2D eigenvalue weighted by atomic mass is 79.9. The lowest BCUT2D eigenvalue weighted by atomic mass is 9.99. The Labute approximate surface area is 117 Å². The van der Waals surface area contributed by atoms with Gasteiger partial charge in [-0.05, 0) is 29.7 Å². The summed E-state index contributed by atoms with van der Waals surface area (Å²) in [7, 11) is 0. The van der Waals surface area contributed by atoms with Crippen LogP contribution >= 0.6 is 15.9 Å². The van der Waals surface area contributed by atoms with Crippen LogP contribution in [0.1, 0.15) is 24.0 Å². The van der Waals surface area contributed by atoms with Crippen molar-refractivity contribution in [3.8, 4) is 0 Å². The summed E-state index contributed by atoms with van der Waals surface area (Å²) >= 11 is 3.35. The summed E-state index contributed by atoms with van der Waals surface area (Å²) in [6.07, 6.45) is -5.09. The van der Waals surface area contributed by atoms with Gasteiger partial charge in [0.05, 0.1) is 6.42 Å². The van der Waals surface area contributed by atoms with Gasteiger partial charge in [0.15, 0.2) is 0 Å². The third-order valence-electron chi connectivity index (χ3n) is 3.16. The van der Waals surface area contributed by atoms with Crippen molar-refractivity contribution < 1.29 is 18.0 Å². The maximum atomic E-state index is 12.1. The predicted molar refractivity (Wildman–Crippen MR) is 68.6 cm³/mol. The highest BCUT2D eigenvalue weighted by Crippen LogP contribution is 2.25. The van der Waals surface area contributed by atoms with E-state index in [0.717, 1.165) is 15.6 Å². The second-order valence-electron chi connectivity index (χ2n) is 4.59. The number of hydrogen-bond donors (Lipinski definition) is 0. The van der Waals surface area contributed by atoms with Gasteiger partial charge in [0.2, 0.25) is 5.91 Å². The first-order chi connectivity index (χ1) is 8.85. The Bertz CT molecular complexity index is 487. The molecule has 0 spiro atoms. The summed E-state index contributed by atoms with van der Waals surface area (Å²) in [6.45, 7) is 0.886. The fraction of sp³-hybridized carbons (Fsp3) is 0.462. The Kier molecular flexibility index (Phi) is 4.18. The van der Waals surface area contributed by atoms with Gasteiger partial charge in [0.1, 0.15) is 0 Å². The van der Waals surface area contributed by atoms with E-state index in [9.17, 15) is 18.0 Å². The van der Waals surface area contributed by atoms with Crippen molar-refractivity contribution in [1.29, 1.82) is 0 Å². The van der Waals surface area contributed by atoms with Crippen LogP contribution < -0.4 is 0 Å². The Morgan fingerprint density at radius 3 is 2.74 bits per heavy atom. The number of carbonyl (C=O) groups excluding carboxylic acids is 1. The molecule has 1 aromatic rings. The van der Waals surface area contributed by atoms with Gasteiger partial charge in [-0.1, -0.05) is 22.0 Å². The molecule has 0 saturated heterocycles. The van der Waals surface area contributed by atoms with Crippen molar-refractivity contribution in [1.82, 2.24) is 4.90 Å². The molecule has 1 aromatic carbocycles. The van der Waals surface area contributed by atoms with E-state index in [1.807, 2.05) is 18.2 Å². The van der Waals surface area contributed by atoms with E-state index in [-0.39, 0.29) is 0 Å². The molecule has 0 fully saturated rings. The summed E-state index contributed by atoms with van der Waals surface area (Å²) in [5.41, 5.74) is 2.16. The van der Waals surface area contributed by atoms with Crippen LogP contribution in [0.25, 0.3) is 0 Å². The van der Waals surface area contributed by atoms with Gasteiger partial charge in [0, 0.05) is 24.0 Å². The van der Waals surface area contributed by atoms with E-state index in [2.05, 4.69) is 15.9 Å². The van der Waals surface area contributed by atoms with Gasteiger partial charge in [0.25, 0.3) is 0 Å². The number of benzene rings is 1. The van der Waals surface area contributed by atoms with Gasteiger partial charge < -0.3 is 4.90 Å². The van der Waals surface area contributed by atoms with Crippen LogP contribution in [0.2, 0.25) is 0 Å². The number of halogens is 4. The number of rotatable bonds is 2. The van der Waals surface area contributed by atoms with Crippen LogP contribution in [0, 0.1) is 0 Å². The number of amides is 1. The van der Waals surface area contributed by atoms with E-state index < -0.39 is 24.9 Å². The number of fused-ring (bicyclic) bond motifs is 1. The first-order valence-electron chi connectivity index (χ1n) is 5.97. The molecular weight excluding hydrogens is 323 g/mol. The van der Waals surface area contributed by atoms with Crippen LogP contribution in [-0.4, -0.2) is 23.5 Å². The smallest absolute Gasteiger partial charge is 0.338 e. The summed E-state index contributed by atoms with van der Waals surface area (Å²) in [6, 6.07) is 5.83. The standard InChI is InChI=1S/C13H13BrF3NO/c14-11-2-1-9-4-6-18(8-10(9)7-11)12(19)3-5-13(15,16)17/h1-2,7H,3-6,8H2. The summed E-state index contributed by atoms with van der Waals surface area (Å²) in [5.74, 6) is -0.428. The molecule has 1 aliphatic heterocycles. The van der Waals surface area contributed by atoms with Crippen molar-refractivity contribution in [2.45, 2.75) is 32.0 Å². The third-order valence-corrected chi connectivity index (χ3v) is 3.65. The first kappa shape index (κ1) is 14.4. The minimum atomic E-state index is -4.27. The van der Waals surface area contributed by atoms with Crippen LogP contribution in [0.5, 0.6) is 0 Å². The molecule has 0 unspecified atom stereocenters. The third kappa shape index (κ3) is 3.96. The monoisotopic (exact) mass is 335 g/mol. The van der Waals surface area contributed by atoms with Crippen molar-refractivity contribution in [3.05, 3.63) is 33.8 Å². The first-order valence-corrected chi connectivity index (χ1v) is 6.76. The molecule has 0 bridgehead atoms. The molecule has 0 N–H and O–H groups in total. The minimum absolute atomic E-state index is 0.394. The molecule has 2 nitrogen and oxygen atoms in total. The lowest BCUT2D eigenvalue weighted by molar-refractivity contribution is -0.149. The second kappa shape index (κ2) is 5.53. The summed E-state index contributed by atoms with van der Waals surface area (Å²) in [4.78, 5) is 13.3. The van der Waals surface area contributed by atoms with E-state index in [4.69, 9.17) is 0 Å². The molecule has 6 heteroatoms. The lowest BCUT2D eigenvalue weighted by Crippen LogP contribution is -2.36. The van der Waals surface area contributed by atoms with Crippen molar-refractivity contribution in [2.24, 2.45) is 0 Å². The van der Waals surface area contributed by atoms with Crippen molar-refractivity contribution in [2.75, 3.05) is 6.54 Å². The molecule has 0 aromatic heterocycles. The Morgan fingerprint density at radius 1 is 1.32 bits per heavy atom. The molecule has 0 radical (unpaired) electrons. The molecule has 104 valence electrons. The predicted octanol–water partition coefficient (Wildman–Crippen LogP) is 3.68. The molecular formula is C13H13BrF3NO. The van der Waals surface area contributed by atoms with Crippen LogP contribution in [0.3, 0.4) is 0 Å². The molecule has 2 rings (SSSR count). The molecule has 1 aliphatic rings. The zero-order chi connectivity index (χ0) is 14.0. The largest absolute Gasteiger partial charge is 0.389 e. The quantitative estimate of drug-likeness (QED) is 0.807. The topological polar surface area (TPSA) is 20.3 Å². The van der Waals surface area contributed by atoms with Crippen LogP contribution in [0.4, 0.5) is 13.2 Å². The Morgan fingerprint density at radius 2 is 2.05 bits per heavy atom. The highest BCUT2D eigenvalue weighted by molar-refractivity contribution is 9.10. The zero-order valence-corrected chi connectivity index (χ0v) is 11.7. The highest BCUT2D eigenvalue weighted by Gasteiger charge is 2.30. The van der Waals surface area contributed by atoms with Crippen LogP contribution in [-0.2, 0) is 17.8 Å². The summed E-state index contributed by atoms with van der Waals surface area (Å²) in [5, 5.41) is 0. The molecule has 0 aliphatic carbocycles. The Hall–Kier alpha value is -1.04. The van der Waals surface area contributed by atoms with E-state index in [1.165, 1.54) is 4.90 Å². The van der Waals surface area contributed by atoms with Gasteiger partial charge in [-0.2, -0.15) is 13.2 Å². The van der Waals surface area contributed by atoms with Gasteiger partial charge in [-0.15, -0.1) is 0 Å². The second-order valence-corrected chi connectivity index (χ2v) is 5.51. The average Bonchev–Trinajstić information content (AvgIpc) is 2.34. The van der Waals surface area contributed by atoms with Gasteiger partial charge in [-0.3, -0.25) is 4.79 Å². The number of hydrogen-bond acceptors (Lipinski definition) is 1. The zero-order valence-electron chi connectivity index (χ0n) is 10.1. The SMILES string of the molecule is O=C(CCC(F)(F)F)N1CCc2ccc(Br)cc2C1. The van der Waals surface area contributed by atoms with E-state index >= 15 is 0 Å². The van der Waals surface area contributed by atoms with Crippen LogP contribution in [0.15, 0.2) is 22.7 Å². The Balaban J connectivity index is 1.99. The summed E-state index contributed by atoms with van der Waals surface area (Å²) < 4.78 is 37.2. The normalized spacial score (nSPS) is 15.3. The molecule has 19 heavy (non-hydrogen) atoms. The fourth-order valence-corrected chi connectivity index (χ4v) is 2.55. The maximum absolute atomic E-state index is 12.1. The molecule has 1 heterocycles. The molecule has 0 saturated carbocycles. The average molecular weight is 336 g/mol. The number of nitrogens with zero attached hydrogens (tertiary/aromatic N) is 1. The fourth-order valence-electron chi connectivity index (χ4n) is 2.15. The number of carbonyl (C=O) groups is 1. The lowest BCUT2D eigenvalue weighted by Gasteiger charge is -2.29. The molecule has 1 amide bonds. The van der Waals surface area contributed by atoms with E-state index in [1.54, 1.807) is 0 Å². The van der Waals surface area contributed by atoms with Gasteiger partial charge in [-0.25, -0.2) is 0 Å². The van der Waals surface area contributed by atoms with Crippen molar-refractivity contribution >= 4 is 21.8 Å². The minimum Gasteiger partial charge on any atom is -0.338 e. The maximum Gasteiger partial charge on any atom is 0.389 e. The number of alkyl halides is 3. The molecule has 0 atom stereocenters. The van der Waals surface area contributed by atoms with Gasteiger partial charge >= 0.3 is 6.18 Å². The van der Waals surface area contributed by atoms with E-state index in [0.29, 0.717) is 19.5 Å². The van der Waals surface area contributed by atoms with Crippen molar-refractivity contribution in [3.63, 3.8) is 0 Å².